The van der Waals surface area contributed by atoms with Gasteiger partial charge in [0.05, 0.1) is 14.6 Å². The Bertz CT molecular complexity index is 592. The van der Waals surface area contributed by atoms with Gasteiger partial charge in [0, 0.05) is 12.6 Å². The number of fused-ring (bicyclic) bond motifs is 1. The van der Waals surface area contributed by atoms with E-state index in [-0.39, 0.29) is 5.82 Å². The molecule has 0 saturated heterocycles. The molecule has 0 saturated carbocycles. The molecular weight excluding hydrogens is 370 g/mol. The molecule has 1 heterocycles. The molecule has 2 aromatic rings. The Morgan fingerprint density at radius 2 is 2.05 bits per heavy atom. The third kappa shape index (κ3) is 3.22. The molecule has 0 aliphatic carbocycles. The first-order valence-corrected chi connectivity index (χ1v) is 7.97. The molecule has 0 unspecified atom stereocenters. The van der Waals surface area contributed by atoms with Crippen molar-refractivity contribution in [2.45, 2.75) is 26.8 Å². The topological polar surface area (TPSA) is 47.1 Å². The van der Waals surface area contributed by atoms with Crippen molar-refractivity contribution in [3.05, 3.63) is 21.5 Å². The molecule has 0 aliphatic rings. The normalized spacial score (nSPS) is 11.7. The second-order valence-electron chi connectivity index (χ2n) is 4.76. The van der Waals surface area contributed by atoms with Crippen molar-refractivity contribution in [1.29, 1.82) is 0 Å². The standard InChI is InChI=1S/C14H20FIN4/c1-3-19(4-2)6-5-7-20-13-8-10(15)11(16)9-12(13)18-14(20)17/h8-9H,3-7H2,1-2H3,(H2,17,18). The predicted molar refractivity (Wildman–Crippen MR) is 89.2 cm³/mol. The highest BCUT2D eigenvalue weighted by molar-refractivity contribution is 14.1. The quantitative estimate of drug-likeness (QED) is 0.772. The van der Waals surface area contributed by atoms with E-state index in [0.717, 1.165) is 43.6 Å². The molecular formula is C14H20FIN4. The van der Waals surface area contributed by atoms with Crippen LogP contribution < -0.4 is 5.73 Å². The van der Waals surface area contributed by atoms with Crippen LogP contribution in [0.25, 0.3) is 11.0 Å². The van der Waals surface area contributed by atoms with Crippen molar-refractivity contribution in [2.24, 2.45) is 0 Å². The van der Waals surface area contributed by atoms with Crippen molar-refractivity contribution in [3.63, 3.8) is 0 Å². The van der Waals surface area contributed by atoms with E-state index in [4.69, 9.17) is 5.73 Å². The van der Waals surface area contributed by atoms with Crippen LogP contribution in [0.2, 0.25) is 0 Å². The number of hydrogen-bond donors (Lipinski definition) is 1. The summed E-state index contributed by atoms with van der Waals surface area (Å²) in [4.78, 5) is 6.67. The first-order chi connectivity index (χ1) is 9.56. The van der Waals surface area contributed by atoms with E-state index in [9.17, 15) is 4.39 Å². The SMILES string of the molecule is CCN(CC)CCCn1c(N)nc2cc(I)c(F)cc21. The molecule has 0 amide bonds. The molecule has 2 N–H and O–H groups in total. The van der Waals surface area contributed by atoms with Crippen molar-refractivity contribution in [3.8, 4) is 0 Å². The molecule has 110 valence electrons. The van der Waals surface area contributed by atoms with E-state index >= 15 is 0 Å². The van der Waals surface area contributed by atoms with Crippen LogP contribution in [0.1, 0.15) is 20.3 Å². The van der Waals surface area contributed by atoms with Crippen LogP contribution in [0.5, 0.6) is 0 Å². The van der Waals surface area contributed by atoms with Crippen LogP contribution in [-0.4, -0.2) is 34.1 Å². The second kappa shape index (κ2) is 6.71. The molecule has 1 aromatic heterocycles. The van der Waals surface area contributed by atoms with Crippen LogP contribution in [0.15, 0.2) is 12.1 Å². The maximum atomic E-state index is 13.7. The van der Waals surface area contributed by atoms with Gasteiger partial charge in [-0.05, 0) is 54.7 Å². The number of imidazole rings is 1. The fourth-order valence-corrected chi connectivity index (χ4v) is 2.82. The van der Waals surface area contributed by atoms with Gasteiger partial charge in [0.25, 0.3) is 0 Å². The Hall–Kier alpha value is -0.890. The number of nitrogens with two attached hydrogens (primary N) is 1. The number of benzene rings is 1. The summed E-state index contributed by atoms with van der Waals surface area (Å²) in [6, 6.07) is 3.26. The molecule has 6 heteroatoms. The summed E-state index contributed by atoms with van der Waals surface area (Å²) >= 11 is 1.97. The number of nitrogen functional groups attached to an aromatic ring is 1. The van der Waals surface area contributed by atoms with Gasteiger partial charge in [-0.3, -0.25) is 0 Å². The van der Waals surface area contributed by atoms with Crippen molar-refractivity contribution in [2.75, 3.05) is 25.4 Å². The molecule has 0 fully saturated rings. The average molecular weight is 390 g/mol. The van der Waals surface area contributed by atoms with Gasteiger partial charge >= 0.3 is 0 Å². The first-order valence-electron chi connectivity index (χ1n) is 6.89. The van der Waals surface area contributed by atoms with Crippen LogP contribution >= 0.6 is 22.6 Å². The van der Waals surface area contributed by atoms with Gasteiger partial charge in [-0.25, -0.2) is 9.37 Å². The summed E-state index contributed by atoms with van der Waals surface area (Å²) in [6.07, 6.45) is 0.977. The van der Waals surface area contributed by atoms with Crippen molar-refractivity contribution < 1.29 is 4.39 Å². The Morgan fingerprint density at radius 1 is 1.35 bits per heavy atom. The van der Waals surface area contributed by atoms with Gasteiger partial charge in [0.2, 0.25) is 5.95 Å². The zero-order chi connectivity index (χ0) is 14.7. The van der Waals surface area contributed by atoms with Crippen LogP contribution in [-0.2, 0) is 6.54 Å². The second-order valence-corrected chi connectivity index (χ2v) is 5.92. The molecule has 0 atom stereocenters. The third-order valence-electron chi connectivity index (χ3n) is 3.57. The van der Waals surface area contributed by atoms with Gasteiger partial charge in [-0.1, -0.05) is 13.8 Å². The first kappa shape index (κ1) is 15.5. The lowest BCUT2D eigenvalue weighted by atomic mass is 10.3. The van der Waals surface area contributed by atoms with E-state index < -0.39 is 0 Å². The summed E-state index contributed by atoms with van der Waals surface area (Å²) in [5, 5.41) is 0. The Balaban J connectivity index is 2.17. The highest BCUT2D eigenvalue weighted by atomic mass is 127. The summed E-state index contributed by atoms with van der Waals surface area (Å²) in [5.74, 6) is 0.240. The maximum absolute atomic E-state index is 13.7. The number of hydrogen-bond acceptors (Lipinski definition) is 3. The number of nitrogens with zero attached hydrogens (tertiary/aromatic N) is 3. The lowest BCUT2D eigenvalue weighted by molar-refractivity contribution is 0.294. The summed E-state index contributed by atoms with van der Waals surface area (Å²) < 4.78 is 16.2. The smallest absolute Gasteiger partial charge is 0.201 e. The molecule has 2 rings (SSSR count). The Kier molecular flexibility index (Phi) is 5.20. The predicted octanol–water partition coefficient (Wildman–Crippen LogP) is 3.09. The van der Waals surface area contributed by atoms with Gasteiger partial charge in [-0.15, -0.1) is 0 Å². The summed E-state index contributed by atoms with van der Waals surface area (Å²) in [7, 11) is 0. The fraction of sp³-hybridized carbons (Fsp3) is 0.500. The molecule has 4 nitrogen and oxygen atoms in total. The van der Waals surface area contributed by atoms with Gasteiger partial charge in [0.1, 0.15) is 5.82 Å². The van der Waals surface area contributed by atoms with Crippen LogP contribution in [0, 0.1) is 9.39 Å². The highest BCUT2D eigenvalue weighted by Gasteiger charge is 2.11. The number of aryl methyl sites for hydroxylation is 1. The van der Waals surface area contributed by atoms with Gasteiger partial charge in [-0.2, -0.15) is 0 Å². The van der Waals surface area contributed by atoms with Crippen molar-refractivity contribution in [1.82, 2.24) is 14.5 Å². The largest absolute Gasteiger partial charge is 0.369 e. The lowest BCUT2D eigenvalue weighted by Gasteiger charge is -2.18. The minimum Gasteiger partial charge on any atom is -0.369 e. The molecule has 1 aromatic carbocycles. The summed E-state index contributed by atoms with van der Waals surface area (Å²) in [6.45, 7) is 8.17. The monoisotopic (exact) mass is 390 g/mol. The Morgan fingerprint density at radius 3 is 2.70 bits per heavy atom. The zero-order valence-electron chi connectivity index (χ0n) is 11.9. The average Bonchev–Trinajstić information content (AvgIpc) is 2.71. The maximum Gasteiger partial charge on any atom is 0.201 e. The van der Waals surface area contributed by atoms with E-state index in [1.807, 2.05) is 27.2 Å². The molecule has 0 radical (unpaired) electrons. The number of aromatic nitrogens is 2. The number of halogens is 2. The van der Waals surface area contributed by atoms with E-state index in [1.165, 1.54) is 6.07 Å². The zero-order valence-corrected chi connectivity index (χ0v) is 14.0. The van der Waals surface area contributed by atoms with E-state index in [1.54, 1.807) is 6.07 Å². The summed E-state index contributed by atoms with van der Waals surface area (Å²) in [5.41, 5.74) is 7.49. The molecule has 0 spiro atoms. The molecule has 20 heavy (non-hydrogen) atoms. The van der Waals surface area contributed by atoms with Crippen molar-refractivity contribution >= 4 is 39.6 Å². The van der Waals surface area contributed by atoms with Crippen LogP contribution in [0.4, 0.5) is 10.3 Å². The highest BCUT2D eigenvalue weighted by Crippen LogP contribution is 2.23. The van der Waals surface area contributed by atoms with Crippen LogP contribution in [0.3, 0.4) is 0 Å². The third-order valence-corrected chi connectivity index (χ3v) is 4.40. The number of anilines is 1. The minimum absolute atomic E-state index is 0.219. The van der Waals surface area contributed by atoms with E-state index in [2.05, 4.69) is 23.7 Å². The molecule has 0 bridgehead atoms. The van der Waals surface area contributed by atoms with Gasteiger partial charge in [0.15, 0.2) is 0 Å². The lowest BCUT2D eigenvalue weighted by Crippen LogP contribution is -2.25. The van der Waals surface area contributed by atoms with E-state index in [0.29, 0.717) is 9.52 Å². The van der Waals surface area contributed by atoms with Gasteiger partial charge < -0.3 is 15.2 Å². The Labute approximate surface area is 132 Å². The minimum atomic E-state index is -0.219. The molecule has 0 aliphatic heterocycles. The fourth-order valence-electron chi connectivity index (χ4n) is 2.37. The number of rotatable bonds is 6.